The maximum atomic E-state index is 13.5. The number of anilines is 2. The number of benzene rings is 3. The zero-order valence-corrected chi connectivity index (χ0v) is 18.3. The molecule has 182 valence electrons. The molecule has 0 bridgehead atoms. The number of amides is 3. The van der Waals surface area contributed by atoms with Crippen molar-refractivity contribution in [1.82, 2.24) is 4.90 Å². The predicted octanol–water partition coefficient (Wildman–Crippen LogP) is 6.07. The van der Waals surface area contributed by atoms with Gasteiger partial charge in [-0.1, -0.05) is 6.07 Å². The number of nitrogens with zero attached hydrogens (tertiary/aromatic N) is 2. The lowest BCUT2D eigenvalue weighted by Gasteiger charge is -2.35. The first-order valence-electron chi connectivity index (χ1n) is 10.7. The van der Waals surface area contributed by atoms with Gasteiger partial charge in [-0.2, -0.15) is 13.2 Å². The van der Waals surface area contributed by atoms with Crippen molar-refractivity contribution in [2.24, 2.45) is 0 Å². The van der Waals surface area contributed by atoms with Gasteiger partial charge in [0.1, 0.15) is 0 Å². The van der Waals surface area contributed by atoms with E-state index in [1.54, 1.807) is 29.2 Å². The molecule has 10 heteroatoms. The molecule has 0 unspecified atom stereocenters. The summed E-state index contributed by atoms with van der Waals surface area (Å²) in [5.74, 6) is -2.50. The van der Waals surface area contributed by atoms with Crippen molar-refractivity contribution in [3.63, 3.8) is 0 Å². The van der Waals surface area contributed by atoms with E-state index < -0.39 is 29.3 Å². The van der Waals surface area contributed by atoms with Crippen LogP contribution in [0.25, 0.3) is 0 Å². The third kappa shape index (κ3) is 5.59. The van der Waals surface area contributed by atoms with E-state index in [4.69, 9.17) is 0 Å². The highest BCUT2D eigenvalue weighted by molar-refractivity contribution is 6.04. The topological polar surface area (TPSA) is 52.7 Å². The monoisotopic (exact) mass is 489 g/mol. The van der Waals surface area contributed by atoms with Gasteiger partial charge in [0.05, 0.1) is 5.56 Å². The van der Waals surface area contributed by atoms with Gasteiger partial charge in [-0.25, -0.2) is 13.6 Å². The van der Waals surface area contributed by atoms with Crippen molar-refractivity contribution in [1.29, 1.82) is 0 Å². The van der Waals surface area contributed by atoms with Crippen molar-refractivity contribution in [3.05, 3.63) is 95.1 Å². The molecule has 0 radical (unpaired) electrons. The third-order valence-electron chi connectivity index (χ3n) is 5.58. The summed E-state index contributed by atoms with van der Waals surface area (Å²) in [6.07, 6.45) is -3.82. The molecule has 1 aliphatic heterocycles. The highest BCUT2D eigenvalue weighted by atomic mass is 19.4. The minimum absolute atomic E-state index is 0.0705. The number of nitrogens with one attached hydrogen (secondary N) is 1. The summed E-state index contributed by atoms with van der Waals surface area (Å²) < 4.78 is 64.8. The Bertz CT molecular complexity index is 1230. The van der Waals surface area contributed by atoms with Crippen molar-refractivity contribution < 1.29 is 31.5 Å². The molecule has 0 aromatic heterocycles. The average molecular weight is 489 g/mol. The van der Waals surface area contributed by atoms with E-state index in [0.717, 1.165) is 36.4 Å². The Labute approximate surface area is 197 Å². The van der Waals surface area contributed by atoms with Crippen molar-refractivity contribution in [3.8, 4) is 0 Å². The Morgan fingerprint density at radius 1 is 0.886 bits per heavy atom. The fourth-order valence-electron chi connectivity index (χ4n) is 3.76. The van der Waals surface area contributed by atoms with Gasteiger partial charge in [0.2, 0.25) is 0 Å². The second-order valence-electron chi connectivity index (χ2n) is 8.03. The zero-order chi connectivity index (χ0) is 25.2. The largest absolute Gasteiger partial charge is 0.416 e. The van der Waals surface area contributed by atoms with Gasteiger partial charge >= 0.3 is 12.2 Å². The SMILES string of the molecule is O=C(Nc1ccc(N2CCCN(Cc3ccc(F)c(F)c3)C2=O)cc1)c1ccc(C(F)(F)F)cc1. The second kappa shape index (κ2) is 9.73. The average Bonchev–Trinajstić information content (AvgIpc) is 2.83. The molecule has 3 aromatic rings. The molecular formula is C25H20F5N3O2. The van der Waals surface area contributed by atoms with Crippen LogP contribution in [-0.4, -0.2) is 29.9 Å². The van der Waals surface area contributed by atoms with Gasteiger partial charge < -0.3 is 10.2 Å². The molecule has 5 nitrogen and oxygen atoms in total. The first-order chi connectivity index (χ1) is 16.6. The van der Waals surface area contributed by atoms with Crippen LogP contribution in [0.15, 0.2) is 66.7 Å². The lowest BCUT2D eigenvalue weighted by atomic mass is 10.1. The van der Waals surface area contributed by atoms with Crippen LogP contribution >= 0.6 is 0 Å². The zero-order valence-electron chi connectivity index (χ0n) is 18.3. The summed E-state index contributed by atoms with van der Waals surface area (Å²) in [7, 11) is 0. The van der Waals surface area contributed by atoms with Gasteiger partial charge in [0, 0.05) is 36.6 Å². The molecule has 1 N–H and O–H groups in total. The van der Waals surface area contributed by atoms with E-state index in [1.165, 1.54) is 11.0 Å². The van der Waals surface area contributed by atoms with E-state index in [9.17, 15) is 31.5 Å². The molecule has 1 fully saturated rings. The van der Waals surface area contributed by atoms with Crippen LogP contribution in [0.5, 0.6) is 0 Å². The molecule has 0 spiro atoms. The summed E-state index contributed by atoms with van der Waals surface area (Å²) in [5, 5.41) is 2.61. The Morgan fingerprint density at radius 2 is 1.57 bits per heavy atom. The summed E-state index contributed by atoms with van der Waals surface area (Å²) in [4.78, 5) is 28.4. The van der Waals surface area contributed by atoms with Gasteiger partial charge in [0.25, 0.3) is 5.91 Å². The van der Waals surface area contributed by atoms with E-state index in [2.05, 4.69) is 5.32 Å². The molecule has 0 saturated carbocycles. The van der Waals surface area contributed by atoms with Crippen LogP contribution < -0.4 is 10.2 Å². The number of urea groups is 1. The molecule has 1 heterocycles. The molecule has 4 rings (SSSR count). The van der Waals surface area contributed by atoms with Crippen LogP contribution in [-0.2, 0) is 12.7 Å². The Balaban J connectivity index is 1.40. The van der Waals surface area contributed by atoms with Crippen molar-refractivity contribution in [2.45, 2.75) is 19.1 Å². The van der Waals surface area contributed by atoms with E-state index >= 15 is 0 Å². The number of hydrogen-bond acceptors (Lipinski definition) is 2. The summed E-state index contributed by atoms with van der Waals surface area (Å²) in [6.45, 7) is 1.06. The minimum atomic E-state index is -4.48. The Morgan fingerprint density at radius 3 is 2.20 bits per heavy atom. The van der Waals surface area contributed by atoms with Gasteiger partial charge in [-0.05, 0) is 72.6 Å². The van der Waals surface area contributed by atoms with Crippen LogP contribution in [0.1, 0.15) is 27.9 Å². The maximum Gasteiger partial charge on any atom is 0.416 e. The molecule has 35 heavy (non-hydrogen) atoms. The number of carbonyl (C=O) groups is 2. The lowest BCUT2D eigenvalue weighted by Crippen LogP contribution is -2.49. The molecule has 0 atom stereocenters. The second-order valence-corrected chi connectivity index (χ2v) is 8.03. The number of hydrogen-bond donors (Lipinski definition) is 1. The quantitative estimate of drug-likeness (QED) is 0.443. The molecule has 0 aliphatic carbocycles. The number of halogens is 5. The van der Waals surface area contributed by atoms with Gasteiger partial charge in [0.15, 0.2) is 11.6 Å². The number of alkyl halides is 3. The van der Waals surface area contributed by atoms with Crippen molar-refractivity contribution in [2.75, 3.05) is 23.3 Å². The van der Waals surface area contributed by atoms with E-state index in [0.29, 0.717) is 36.4 Å². The molecule has 3 amide bonds. The summed E-state index contributed by atoms with van der Waals surface area (Å²) >= 11 is 0. The molecule has 3 aromatic carbocycles. The summed E-state index contributed by atoms with van der Waals surface area (Å²) in [5.41, 5.74) is 0.684. The first-order valence-corrected chi connectivity index (χ1v) is 10.7. The van der Waals surface area contributed by atoms with Crippen LogP contribution in [0.4, 0.5) is 38.1 Å². The maximum absolute atomic E-state index is 13.5. The lowest BCUT2D eigenvalue weighted by molar-refractivity contribution is -0.137. The molecular weight excluding hydrogens is 469 g/mol. The van der Waals surface area contributed by atoms with E-state index in [1.807, 2.05) is 0 Å². The highest BCUT2D eigenvalue weighted by Gasteiger charge is 2.30. The third-order valence-corrected chi connectivity index (χ3v) is 5.58. The minimum Gasteiger partial charge on any atom is -0.322 e. The number of rotatable bonds is 5. The Hall–Kier alpha value is -3.95. The van der Waals surface area contributed by atoms with Gasteiger partial charge in [-0.3, -0.25) is 9.69 Å². The Kier molecular flexibility index (Phi) is 6.72. The predicted molar refractivity (Wildman–Crippen MR) is 120 cm³/mol. The first kappa shape index (κ1) is 24.2. The smallest absolute Gasteiger partial charge is 0.322 e. The normalized spacial score (nSPS) is 14.3. The molecule has 1 aliphatic rings. The summed E-state index contributed by atoms with van der Waals surface area (Å²) in [6, 6.07) is 13.5. The van der Waals surface area contributed by atoms with Gasteiger partial charge in [-0.15, -0.1) is 0 Å². The fraction of sp³-hybridized carbons (Fsp3) is 0.200. The number of carbonyl (C=O) groups excluding carboxylic acids is 2. The fourth-order valence-corrected chi connectivity index (χ4v) is 3.76. The highest BCUT2D eigenvalue weighted by Crippen LogP contribution is 2.29. The van der Waals surface area contributed by atoms with Crippen molar-refractivity contribution >= 4 is 23.3 Å². The van der Waals surface area contributed by atoms with E-state index in [-0.39, 0.29) is 18.1 Å². The standard InChI is InChI=1S/C25H20F5N3O2/c26-21-11-2-16(14-22(21)27)15-32-12-1-13-33(24(32)35)20-9-7-19(8-10-20)31-23(34)17-3-5-18(6-4-17)25(28,29)30/h2-11,14H,1,12-13,15H2,(H,31,34). The van der Waals surface area contributed by atoms with Crippen LogP contribution in [0.2, 0.25) is 0 Å². The van der Waals surface area contributed by atoms with Crippen LogP contribution in [0, 0.1) is 11.6 Å². The van der Waals surface area contributed by atoms with Crippen LogP contribution in [0.3, 0.4) is 0 Å². The molecule has 1 saturated heterocycles.